The molecule has 0 radical (unpaired) electrons. The van der Waals surface area contributed by atoms with Gasteiger partial charge < -0.3 is 9.84 Å². The summed E-state index contributed by atoms with van der Waals surface area (Å²) in [6.45, 7) is 3.35. The normalized spacial score (nSPS) is 18.5. The topological polar surface area (TPSA) is 56.5 Å². The summed E-state index contributed by atoms with van der Waals surface area (Å²) in [4.78, 5) is 2.36. The van der Waals surface area contributed by atoms with Crippen LogP contribution in [0.2, 0.25) is 0 Å². The van der Waals surface area contributed by atoms with E-state index in [9.17, 15) is 0 Å². The Labute approximate surface area is 136 Å². The summed E-state index contributed by atoms with van der Waals surface area (Å²) in [5, 5.41) is 18.1. The number of nitriles is 1. The lowest BCUT2D eigenvalue weighted by atomic mass is 10.0. The zero-order valence-corrected chi connectivity index (χ0v) is 13.0. The second-order valence-corrected chi connectivity index (χ2v) is 5.81. The Bertz CT molecular complexity index is 691. The Balaban J connectivity index is 1.66. The van der Waals surface area contributed by atoms with E-state index in [1.807, 2.05) is 36.4 Å². The summed E-state index contributed by atoms with van der Waals surface area (Å²) >= 11 is 0. The number of hydrogen-bond acceptors (Lipinski definition) is 4. The van der Waals surface area contributed by atoms with Crippen LogP contribution in [0.3, 0.4) is 0 Å². The van der Waals surface area contributed by atoms with Crippen molar-refractivity contribution in [1.82, 2.24) is 4.90 Å². The first-order valence-corrected chi connectivity index (χ1v) is 7.81. The highest BCUT2D eigenvalue weighted by atomic mass is 16.5. The number of nitrogens with zero attached hydrogens (tertiary/aromatic N) is 2. The molecule has 1 aliphatic rings. The summed E-state index contributed by atoms with van der Waals surface area (Å²) in [7, 11) is 0. The van der Waals surface area contributed by atoms with Gasteiger partial charge in [-0.2, -0.15) is 5.26 Å². The zero-order chi connectivity index (χ0) is 16.1. The largest absolute Gasteiger partial charge is 0.392 e. The highest BCUT2D eigenvalue weighted by Crippen LogP contribution is 2.24. The van der Waals surface area contributed by atoms with Crippen LogP contribution in [0.4, 0.5) is 0 Å². The first kappa shape index (κ1) is 15.7. The minimum absolute atomic E-state index is 0.00812. The van der Waals surface area contributed by atoms with Crippen molar-refractivity contribution in [1.29, 1.82) is 5.26 Å². The summed E-state index contributed by atoms with van der Waals surface area (Å²) in [6.07, 6.45) is 0.00812. The molecule has 1 saturated heterocycles. The van der Waals surface area contributed by atoms with Gasteiger partial charge in [0.15, 0.2) is 0 Å². The van der Waals surface area contributed by atoms with Crippen molar-refractivity contribution in [2.45, 2.75) is 19.3 Å². The molecule has 23 heavy (non-hydrogen) atoms. The van der Waals surface area contributed by atoms with Gasteiger partial charge in [-0.05, 0) is 28.8 Å². The molecule has 2 aromatic rings. The number of morpholine rings is 1. The Morgan fingerprint density at radius 3 is 2.70 bits per heavy atom. The predicted molar refractivity (Wildman–Crippen MR) is 87.5 cm³/mol. The van der Waals surface area contributed by atoms with Gasteiger partial charge in [0.25, 0.3) is 0 Å². The standard InChI is InChI=1S/C19H20N2O2/c20-11-17-2-1-3-18(10-17)19-13-21(8-9-23-19)12-15-4-6-16(14-22)7-5-15/h1-7,10,19,22H,8-9,12-14H2. The van der Waals surface area contributed by atoms with E-state index in [-0.39, 0.29) is 12.7 Å². The van der Waals surface area contributed by atoms with Crippen LogP contribution in [0.25, 0.3) is 0 Å². The van der Waals surface area contributed by atoms with Crippen LogP contribution in [0, 0.1) is 11.3 Å². The molecule has 1 N–H and O–H groups in total. The van der Waals surface area contributed by atoms with E-state index in [1.165, 1.54) is 5.56 Å². The number of ether oxygens (including phenoxy) is 1. The molecule has 4 heteroatoms. The molecule has 0 spiro atoms. The molecule has 4 nitrogen and oxygen atoms in total. The Morgan fingerprint density at radius 1 is 1.17 bits per heavy atom. The van der Waals surface area contributed by atoms with Gasteiger partial charge in [-0.3, -0.25) is 4.90 Å². The van der Waals surface area contributed by atoms with Crippen molar-refractivity contribution >= 4 is 0 Å². The van der Waals surface area contributed by atoms with Gasteiger partial charge in [0.2, 0.25) is 0 Å². The van der Waals surface area contributed by atoms with Crippen LogP contribution < -0.4 is 0 Å². The molecule has 0 aliphatic carbocycles. The van der Waals surface area contributed by atoms with Gasteiger partial charge in [0.1, 0.15) is 0 Å². The minimum Gasteiger partial charge on any atom is -0.392 e. The molecule has 1 fully saturated rings. The predicted octanol–water partition coefficient (Wildman–Crippen LogP) is 2.62. The second-order valence-electron chi connectivity index (χ2n) is 5.81. The number of aliphatic hydroxyl groups is 1. The van der Waals surface area contributed by atoms with Crippen LogP contribution in [-0.4, -0.2) is 29.7 Å². The molecular formula is C19H20N2O2. The van der Waals surface area contributed by atoms with Crippen molar-refractivity contribution in [3.63, 3.8) is 0 Å². The Morgan fingerprint density at radius 2 is 1.96 bits per heavy atom. The zero-order valence-electron chi connectivity index (χ0n) is 13.0. The molecule has 3 rings (SSSR count). The highest BCUT2D eigenvalue weighted by Gasteiger charge is 2.22. The number of rotatable bonds is 4. The third-order valence-corrected chi connectivity index (χ3v) is 4.15. The van der Waals surface area contributed by atoms with Crippen LogP contribution in [0.15, 0.2) is 48.5 Å². The lowest BCUT2D eigenvalue weighted by Crippen LogP contribution is -2.37. The summed E-state index contributed by atoms with van der Waals surface area (Å²) in [6, 6.07) is 17.9. The van der Waals surface area contributed by atoms with Crippen molar-refractivity contribution < 1.29 is 9.84 Å². The maximum atomic E-state index is 9.10. The molecule has 1 unspecified atom stereocenters. The first-order valence-electron chi connectivity index (χ1n) is 7.81. The van der Waals surface area contributed by atoms with Crippen molar-refractivity contribution in [2.24, 2.45) is 0 Å². The molecule has 1 heterocycles. The second kappa shape index (κ2) is 7.38. The van der Waals surface area contributed by atoms with Gasteiger partial charge in [-0.15, -0.1) is 0 Å². The van der Waals surface area contributed by atoms with Crippen LogP contribution >= 0.6 is 0 Å². The average Bonchev–Trinajstić information content (AvgIpc) is 2.63. The Kier molecular flexibility index (Phi) is 5.04. The lowest BCUT2D eigenvalue weighted by molar-refractivity contribution is -0.0329. The molecule has 0 amide bonds. The van der Waals surface area contributed by atoms with Gasteiger partial charge >= 0.3 is 0 Å². The average molecular weight is 308 g/mol. The number of hydrogen-bond donors (Lipinski definition) is 1. The summed E-state index contributed by atoms with van der Waals surface area (Å²) in [5.41, 5.74) is 3.89. The molecule has 118 valence electrons. The molecule has 0 bridgehead atoms. The molecule has 1 aliphatic heterocycles. The van der Waals surface area contributed by atoms with E-state index in [2.05, 4.69) is 23.1 Å². The maximum Gasteiger partial charge on any atom is 0.0991 e. The van der Waals surface area contributed by atoms with Crippen molar-refractivity contribution in [2.75, 3.05) is 19.7 Å². The quantitative estimate of drug-likeness (QED) is 0.943. The number of aliphatic hydroxyl groups excluding tert-OH is 1. The van der Waals surface area contributed by atoms with E-state index in [0.29, 0.717) is 12.2 Å². The maximum absolute atomic E-state index is 9.10. The molecular weight excluding hydrogens is 288 g/mol. The van der Waals surface area contributed by atoms with Crippen LogP contribution in [0.5, 0.6) is 0 Å². The minimum atomic E-state index is 0.00812. The van der Waals surface area contributed by atoms with Crippen molar-refractivity contribution in [3.8, 4) is 6.07 Å². The van der Waals surface area contributed by atoms with Crippen LogP contribution in [0.1, 0.15) is 28.4 Å². The van der Waals surface area contributed by atoms with E-state index >= 15 is 0 Å². The van der Waals surface area contributed by atoms with Gasteiger partial charge in [0.05, 0.1) is 31.0 Å². The number of benzene rings is 2. The monoisotopic (exact) mass is 308 g/mol. The van der Waals surface area contributed by atoms with E-state index in [4.69, 9.17) is 15.1 Å². The Hall–Kier alpha value is -2.19. The fourth-order valence-electron chi connectivity index (χ4n) is 2.86. The van der Waals surface area contributed by atoms with E-state index in [0.717, 1.165) is 30.8 Å². The third kappa shape index (κ3) is 3.96. The molecule has 2 aromatic carbocycles. The summed E-state index contributed by atoms with van der Waals surface area (Å²) < 4.78 is 5.88. The lowest BCUT2D eigenvalue weighted by Gasteiger charge is -2.33. The van der Waals surface area contributed by atoms with Gasteiger partial charge in [0, 0.05) is 19.6 Å². The SMILES string of the molecule is N#Cc1cccc(C2CN(Cc3ccc(CO)cc3)CCO2)c1. The fourth-order valence-corrected chi connectivity index (χ4v) is 2.86. The van der Waals surface area contributed by atoms with E-state index in [1.54, 1.807) is 0 Å². The summed E-state index contributed by atoms with van der Waals surface area (Å²) in [5.74, 6) is 0. The van der Waals surface area contributed by atoms with Gasteiger partial charge in [-0.25, -0.2) is 0 Å². The van der Waals surface area contributed by atoms with E-state index < -0.39 is 0 Å². The van der Waals surface area contributed by atoms with Gasteiger partial charge in [-0.1, -0.05) is 36.4 Å². The molecule has 1 atom stereocenters. The van der Waals surface area contributed by atoms with Crippen molar-refractivity contribution in [3.05, 3.63) is 70.8 Å². The van der Waals surface area contributed by atoms with Crippen LogP contribution in [-0.2, 0) is 17.9 Å². The molecule has 0 saturated carbocycles. The highest BCUT2D eigenvalue weighted by molar-refractivity contribution is 5.34. The first-order chi connectivity index (χ1) is 11.3. The third-order valence-electron chi connectivity index (χ3n) is 4.15. The smallest absolute Gasteiger partial charge is 0.0991 e. The molecule has 0 aromatic heterocycles. The fraction of sp³-hybridized carbons (Fsp3) is 0.316.